The standard InChI is InChI=1S/C23H24F3N5O4/c24-23(25,26)17-5-8-19(20(14-17)31(34)35)28-10-12-29(13-11-28)22(33)27-15-16-3-6-18(7-4-16)30-9-1-2-21(30)32/h3-8,14H,1-2,9-13,15H2,(H,27,33). The Hall–Kier alpha value is -3.83. The molecule has 2 heterocycles. The zero-order valence-electron chi connectivity index (χ0n) is 18.8. The molecule has 2 saturated heterocycles. The Morgan fingerprint density at radius 1 is 1.03 bits per heavy atom. The quantitative estimate of drug-likeness (QED) is 0.507. The third-order valence-electron chi connectivity index (χ3n) is 6.17. The number of carbonyl (C=O) groups is 2. The SMILES string of the molecule is O=C(NCc1ccc(N2CCCC2=O)cc1)N1CCN(c2ccc(C(F)(F)F)cc2[N+](=O)[O-])CC1. The number of anilines is 2. The van der Waals surface area contributed by atoms with Crippen molar-refractivity contribution in [3.8, 4) is 0 Å². The molecule has 12 heteroatoms. The summed E-state index contributed by atoms with van der Waals surface area (Å²) in [5.41, 5.74) is 0.103. The minimum atomic E-state index is -4.67. The van der Waals surface area contributed by atoms with Gasteiger partial charge in [-0.3, -0.25) is 14.9 Å². The molecule has 0 atom stereocenters. The number of amides is 3. The zero-order valence-corrected chi connectivity index (χ0v) is 18.8. The van der Waals surface area contributed by atoms with Crippen molar-refractivity contribution in [2.45, 2.75) is 25.6 Å². The average Bonchev–Trinajstić information content (AvgIpc) is 3.27. The van der Waals surface area contributed by atoms with E-state index in [1.807, 2.05) is 24.3 Å². The minimum Gasteiger partial charge on any atom is -0.362 e. The number of piperazine rings is 1. The van der Waals surface area contributed by atoms with Crippen LogP contribution in [0.4, 0.5) is 35.0 Å². The number of urea groups is 1. The second kappa shape index (κ2) is 9.80. The Bertz CT molecular complexity index is 1120. The van der Waals surface area contributed by atoms with Gasteiger partial charge in [-0.15, -0.1) is 0 Å². The first-order valence-corrected chi connectivity index (χ1v) is 11.2. The molecule has 3 amide bonds. The molecule has 2 aliphatic rings. The van der Waals surface area contributed by atoms with Crippen LogP contribution in [-0.2, 0) is 17.5 Å². The Balaban J connectivity index is 1.31. The summed E-state index contributed by atoms with van der Waals surface area (Å²) >= 11 is 0. The second-order valence-corrected chi connectivity index (χ2v) is 8.41. The van der Waals surface area contributed by atoms with Crippen LogP contribution in [0, 0.1) is 10.1 Å². The summed E-state index contributed by atoms with van der Waals surface area (Å²) in [6.07, 6.45) is -3.28. The number of hydrogen-bond donors (Lipinski definition) is 1. The van der Waals surface area contributed by atoms with Gasteiger partial charge in [0.1, 0.15) is 5.69 Å². The van der Waals surface area contributed by atoms with Crippen molar-refractivity contribution >= 4 is 29.0 Å². The molecule has 4 rings (SSSR count). The Labute approximate surface area is 199 Å². The van der Waals surface area contributed by atoms with Crippen LogP contribution in [0.5, 0.6) is 0 Å². The van der Waals surface area contributed by atoms with Crippen LogP contribution in [0.2, 0.25) is 0 Å². The largest absolute Gasteiger partial charge is 0.416 e. The number of hydrogen-bond acceptors (Lipinski definition) is 5. The number of nitrogens with one attached hydrogen (secondary N) is 1. The molecule has 0 radical (unpaired) electrons. The van der Waals surface area contributed by atoms with Gasteiger partial charge < -0.3 is 20.0 Å². The van der Waals surface area contributed by atoms with Gasteiger partial charge in [0.05, 0.1) is 10.5 Å². The highest BCUT2D eigenvalue weighted by atomic mass is 19.4. The summed E-state index contributed by atoms with van der Waals surface area (Å²) in [6, 6.07) is 9.57. The smallest absolute Gasteiger partial charge is 0.362 e. The van der Waals surface area contributed by atoms with E-state index in [2.05, 4.69) is 5.32 Å². The summed E-state index contributed by atoms with van der Waals surface area (Å²) in [4.78, 5) is 39.9. The normalized spacial score (nSPS) is 16.5. The lowest BCUT2D eigenvalue weighted by atomic mass is 10.1. The van der Waals surface area contributed by atoms with Crippen LogP contribution in [0.25, 0.3) is 0 Å². The molecule has 35 heavy (non-hydrogen) atoms. The first kappa shape index (κ1) is 24.3. The number of halogens is 3. The number of alkyl halides is 3. The van der Waals surface area contributed by atoms with Gasteiger partial charge in [-0.1, -0.05) is 12.1 Å². The molecule has 0 aliphatic carbocycles. The van der Waals surface area contributed by atoms with Crippen molar-refractivity contribution in [1.29, 1.82) is 0 Å². The highest BCUT2D eigenvalue weighted by Crippen LogP contribution is 2.36. The third-order valence-corrected chi connectivity index (χ3v) is 6.17. The van der Waals surface area contributed by atoms with E-state index in [0.29, 0.717) is 19.0 Å². The van der Waals surface area contributed by atoms with Crippen LogP contribution in [0.1, 0.15) is 24.0 Å². The van der Waals surface area contributed by atoms with Crippen LogP contribution in [0.15, 0.2) is 42.5 Å². The van der Waals surface area contributed by atoms with E-state index in [0.717, 1.165) is 29.8 Å². The van der Waals surface area contributed by atoms with Crippen molar-refractivity contribution in [1.82, 2.24) is 10.2 Å². The van der Waals surface area contributed by atoms with Gasteiger partial charge in [0, 0.05) is 57.4 Å². The minimum absolute atomic E-state index is 0.0969. The summed E-state index contributed by atoms with van der Waals surface area (Å²) in [5.74, 6) is 0.104. The summed E-state index contributed by atoms with van der Waals surface area (Å²) in [5, 5.41) is 14.2. The van der Waals surface area contributed by atoms with Gasteiger partial charge in [-0.05, 0) is 36.2 Å². The summed E-state index contributed by atoms with van der Waals surface area (Å²) in [6.45, 7) is 2.02. The van der Waals surface area contributed by atoms with E-state index in [9.17, 15) is 32.9 Å². The van der Waals surface area contributed by atoms with E-state index in [4.69, 9.17) is 0 Å². The summed E-state index contributed by atoms with van der Waals surface area (Å²) in [7, 11) is 0. The van der Waals surface area contributed by atoms with Crippen LogP contribution < -0.4 is 15.1 Å². The number of rotatable bonds is 5. The van der Waals surface area contributed by atoms with E-state index < -0.39 is 22.4 Å². The molecule has 2 aromatic rings. The molecule has 2 aliphatic heterocycles. The molecular weight excluding hydrogens is 467 g/mol. The van der Waals surface area contributed by atoms with Crippen molar-refractivity contribution < 1.29 is 27.7 Å². The van der Waals surface area contributed by atoms with E-state index in [1.165, 1.54) is 0 Å². The molecule has 0 bridgehead atoms. The maximum absolute atomic E-state index is 12.9. The Morgan fingerprint density at radius 2 is 1.71 bits per heavy atom. The lowest BCUT2D eigenvalue weighted by Gasteiger charge is -2.35. The molecule has 0 spiro atoms. The Kier molecular flexibility index (Phi) is 6.81. The Morgan fingerprint density at radius 3 is 2.29 bits per heavy atom. The molecule has 0 unspecified atom stereocenters. The molecule has 0 saturated carbocycles. The molecule has 0 aromatic heterocycles. The maximum atomic E-state index is 12.9. The fourth-order valence-electron chi connectivity index (χ4n) is 4.27. The summed E-state index contributed by atoms with van der Waals surface area (Å²) < 4.78 is 38.8. The maximum Gasteiger partial charge on any atom is 0.416 e. The van der Waals surface area contributed by atoms with E-state index in [1.54, 1.807) is 14.7 Å². The van der Waals surface area contributed by atoms with Crippen molar-refractivity contribution in [2.24, 2.45) is 0 Å². The van der Waals surface area contributed by atoms with Gasteiger partial charge in [0.15, 0.2) is 0 Å². The predicted molar refractivity (Wildman–Crippen MR) is 122 cm³/mol. The lowest BCUT2D eigenvalue weighted by Crippen LogP contribution is -2.51. The van der Waals surface area contributed by atoms with E-state index in [-0.39, 0.29) is 50.3 Å². The van der Waals surface area contributed by atoms with Gasteiger partial charge in [-0.25, -0.2) is 4.79 Å². The molecule has 186 valence electrons. The fourth-order valence-corrected chi connectivity index (χ4v) is 4.27. The predicted octanol–water partition coefficient (Wildman–Crippen LogP) is 3.77. The number of nitrogens with zero attached hydrogens (tertiary/aromatic N) is 4. The fraction of sp³-hybridized carbons (Fsp3) is 0.391. The molecule has 2 aromatic carbocycles. The van der Waals surface area contributed by atoms with Crippen molar-refractivity contribution in [3.05, 3.63) is 63.7 Å². The first-order valence-electron chi connectivity index (χ1n) is 11.2. The highest BCUT2D eigenvalue weighted by Gasteiger charge is 2.34. The van der Waals surface area contributed by atoms with Gasteiger partial charge in [0.25, 0.3) is 5.69 Å². The lowest BCUT2D eigenvalue weighted by molar-refractivity contribution is -0.384. The van der Waals surface area contributed by atoms with Crippen LogP contribution in [0.3, 0.4) is 0 Å². The van der Waals surface area contributed by atoms with Crippen LogP contribution in [-0.4, -0.2) is 54.5 Å². The molecule has 1 N–H and O–H groups in total. The van der Waals surface area contributed by atoms with Gasteiger partial charge >= 0.3 is 12.2 Å². The molecule has 9 nitrogen and oxygen atoms in total. The zero-order chi connectivity index (χ0) is 25.2. The number of benzene rings is 2. The molecule has 2 fully saturated rings. The monoisotopic (exact) mass is 491 g/mol. The average molecular weight is 491 g/mol. The second-order valence-electron chi connectivity index (χ2n) is 8.41. The molecular formula is C23H24F3N5O4. The van der Waals surface area contributed by atoms with Gasteiger partial charge in [0.2, 0.25) is 5.91 Å². The number of carbonyl (C=O) groups excluding carboxylic acids is 2. The first-order chi connectivity index (χ1) is 16.6. The number of nitro benzene ring substituents is 1. The van der Waals surface area contributed by atoms with Crippen LogP contribution >= 0.6 is 0 Å². The highest BCUT2D eigenvalue weighted by molar-refractivity contribution is 5.95. The van der Waals surface area contributed by atoms with E-state index >= 15 is 0 Å². The van der Waals surface area contributed by atoms with Gasteiger partial charge in [-0.2, -0.15) is 13.2 Å². The van der Waals surface area contributed by atoms with Crippen molar-refractivity contribution in [2.75, 3.05) is 42.5 Å². The number of nitro groups is 1. The topological polar surface area (TPSA) is 99.0 Å². The van der Waals surface area contributed by atoms with Crippen molar-refractivity contribution in [3.63, 3.8) is 0 Å². The third kappa shape index (κ3) is 5.47.